The maximum atomic E-state index is 13.3. The third-order valence-electron chi connectivity index (χ3n) is 6.67. The van der Waals surface area contributed by atoms with Crippen molar-refractivity contribution in [1.82, 2.24) is 4.90 Å². The lowest BCUT2D eigenvalue weighted by molar-refractivity contribution is -0.140. The van der Waals surface area contributed by atoms with Gasteiger partial charge < -0.3 is 15.7 Å². The maximum Gasteiger partial charge on any atom is 0.225 e. The van der Waals surface area contributed by atoms with Crippen LogP contribution in [0.25, 0.3) is 0 Å². The smallest absolute Gasteiger partial charge is 0.225 e. The van der Waals surface area contributed by atoms with E-state index < -0.39 is 6.10 Å². The van der Waals surface area contributed by atoms with E-state index in [1.807, 2.05) is 17.0 Å². The van der Waals surface area contributed by atoms with Crippen LogP contribution in [0.2, 0.25) is 0 Å². The Bertz CT molecular complexity index is 753. The van der Waals surface area contributed by atoms with Gasteiger partial charge >= 0.3 is 0 Å². The predicted octanol–water partition coefficient (Wildman–Crippen LogP) is 3.08. The zero-order chi connectivity index (χ0) is 19.6. The summed E-state index contributed by atoms with van der Waals surface area (Å²) in [6.07, 6.45) is 3.42. The molecule has 0 radical (unpaired) electrons. The van der Waals surface area contributed by atoms with Gasteiger partial charge in [-0.2, -0.15) is 0 Å². The van der Waals surface area contributed by atoms with Gasteiger partial charge in [-0.1, -0.05) is 60.7 Å². The molecule has 3 atom stereocenters. The Balaban J connectivity index is 1.63. The number of aliphatic hydroxyl groups excluding tert-OH is 1. The van der Waals surface area contributed by atoms with Crippen molar-refractivity contribution in [2.24, 2.45) is 11.7 Å². The summed E-state index contributed by atoms with van der Waals surface area (Å²) in [4.78, 5) is 15.4. The number of amides is 1. The van der Waals surface area contributed by atoms with E-state index >= 15 is 0 Å². The second kappa shape index (κ2) is 8.06. The van der Waals surface area contributed by atoms with Gasteiger partial charge in [-0.05, 0) is 43.2 Å². The van der Waals surface area contributed by atoms with Gasteiger partial charge in [0.1, 0.15) is 0 Å². The van der Waals surface area contributed by atoms with Crippen molar-refractivity contribution in [3.05, 3.63) is 71.8 Å². The Hall–Kier alpha value is -2.17. The van der Waals surface area contributed by atoms with Gasteiger partial charge in [-0.25, -0.2) is 0 Å². The van der Waals surface area contributed by atoms with Crippen molar-refractivity contribution in [3.63, 3.8) is 0 Å². The quantitative estimate of drug-likeness (QED) is 0.863. The van der Waals surface area contributed by atoms with Gasteiger partial charge in [0, 0.05) is 30.5 Å². The SMILES string of the molecule is N[C@@H]1CC[C@H](C(=O)N2CCCC(c3ccccc3)(c3ccccc3)C2)C[C@H]1O. The molecule has 0 spiro atoms. The molecule has 4 rings (SSSR count). The summed E-state index contributed by atoms with van der Waals surface area (Å²) >= 11 is 0. The fourth-order valence-electron chi connectivity index (χ4n) is 5.05. The first kappa shape index (κ1) is 19.2. The van der Waals surface area contributed by atoms with Crippen LogP contribution in [0.4, 0.5) is 0 Å². The molecule has 2 aliphatic rings. The van der Waals surface area contributed by atoms with Crippen LogP contribution in [-0.2, 0) is 10.2 Å². The second-order valence-corrected chi connectivity index (χ2v) is 8.42. The van der Waals surface area contributed by atoms with E-state index in [1.54, 1.807) is 0 Å². The Morgan fingerprint density at radius 1 is 1.00 bits per heavy atom. The maximum absolute atomic E-state index is 13.3. The van der Waals surface area contributed by atoms with Crippen molar-refractivity contribution in [2.45, 2.75) is 49.7 Å². The minimum absolute atomic E-state index is 0.114. The highest BCUT2D eigenvalue weighted by atomic mass is 16.3. The number of aliphatic hydroxyl groups is 1. The molecule has 2 fully saturated rings. The summed E-state index contributed by atoms with van der Waals surface area (Å²) in [6, 6.07) is 21.0. The average molecular weight is 379 g/mol. The van der Waals surface area contributed by atoms with Crippen LogP contribution in [0.3, 0.4) is 0 Å². The summed E-state index contributed by atoms with van der Waals surface area (Å²) < 4.78 is 0. The number of nitrogens with two attached hydrogens (primary N) is 1. The van der Waals surface area contributed by atoms with Crippen LogP contribution < -0.4 is 5.73 Å². The van der Waals surface area contributed by atoms with Crippen LogP contribution in [0.1, 0.15) is 43.2 Å². The molecule has 1 aliphatic carbocycles. The summed E-state index contributed by atoms with van der Waals surface area (Å²) in [5.74, 6) is 0.0685. The van der Waals surface area contributed by atoms with Gasteiger partial charge in [0.2, 0.25) is 5.91 Å². The normalized spacial score (nSPS) is 27.4. The molecule has 1 heterocycles. The van der Waals surface area contributed by atoms with Crippen molar-refractivity contribution < 1.29 is 9.90 Å². The molecule has 2 aromatic carbocycles. The van der Waals surface area contributed by atoms with Crippen LogP contribution in [0.5, 0.6) is 0 Å². The van der Waals surface area contributed by atoms with Gasteiger partial charge in [0.15, 0.2) is 0 Å². The molecule has 2 aromatic rings. The Kier molecular flexibility index (Phi) is 5.51. The zero-order valence-corrected chi connectivity index (χ0v) is 16.3. The lowest BCUT2D eigenvalue weighted by atomic mass is 9.69. The molecule has 4 nitrogen and oxygen atoms in total. The third-order valence-corrected chi connectivity index (χ3v) is 6.67. The second-order valence-electron chi connectivity index (χ2n) is 8.42. The molecule has 1 saturated carbocycles. The summed E-state index contributed by atoms with van der Waals surface area (Å²) in [5, 5.41) is 10.2. The van der Waals surface area contributed by atoms with Gasteiger partial charge in [0.25, 0.3) is 0 Å². The lowest BCUT2D eigenvalue weighted by Crippen LogP contribution is -2.52. The summed E-state index contributed by atoms with van der Waals surface area (Å²) in [5.41, 5.74) is 8.29. The van der Waals surface area contributed by atoms with Crippen molar-refractivity contribution in [2.75, 3.05) is 13.1 Å². The van der Waals surface area contributed by atoms with Crippen LogP contribution >= 0.6 is 0 Å². The Labute approximate surface area is 167 Å². The first-order valence-corrected chi connectivity index (χ1v) is 10.4. The van der Waals surface area contributed by atoms with E-state index in [0.717, 1.165) is 25.8 Å². The molecule has 1 saturated heterocycles. The highest BCUT2D eigenvalue weighted by Crippen LogP contribution is 2.41. The number of hydrogen-bond donors (Lipinski definition) is 2. The topological polar surface area (TPSA) is 66.6 Å². The molecular formula is C24H30N2O2. The predicted molar refractivity (Wildman–Crippen MR) is 111 cm³/mol. The van der Waals surface area contributed by atoms with E-state index in [4.69, 9.17) is 5.73 Å². The first-order chi connectivity index (χ1) is 13.6. The number of likely N-dealkylation sites (tertiary alicyclic amines) is 1. The fraction of sp³-hybridized carbons (Fsp3) is 0.458. The number of rotatable bonds is 3. The molecular weight excluding hydrogens is 348 g/mol. The number of carbonyl (C=O) groups is 1. The number of piperidine rings is 1. The fourth-order valence-corrected chi connectivity index (χ4v) is 5.05. The first-order valence-electron chi connectivity index (χ1n) is 10.4. The molecule has 0 unspecified atom stereocenters. The standard InChI is InChI=1S/C24H30N2O2/c25-21-13-12-18(16-22(21)27)23(28)26-15-7-14-24(17-26,19-8-3-1-4-9-19)20-10-5-2-6-11-20/h1-6,8-11,18,21-22,27H,7,12-17,25H2/t18-,21+,22+/m0/s1. The molecule has 4 heteroatoms. The molecule has 3 N–H and O–H groups in total. The minimum Gasteiger partial charge on any atom is -0.391 e. The van der Waals surface area contributed by atoms with Gasteiger partial charge in [-0.15, -0.1) is 0 Å². The van der Waals surface area contributed by atoms with Gasteiger partial charge in [-0.3, -0.25) is 4.79 Å². The van der Waals surface area contributed by atoms with Crippen LogP contribution in [0, 0.1) is 5.92 Å². The average Bonchev–Trinajstić information content (AvgIpc) is 2.76. The zero-order valence-electron chi connectivity index (χ0n) is 16.3. The van der Waals surface area contributed by atoms with Crippen LogP contribution in [-0.4, -0.2) is 41.1 Å². The van der Waals surface area contributed by atoms with E-state index in [-0.39, 0.29) is 23.3 Å². The Morgan fingerprint density at radius 2 is 1.61 bits per heavy atom. The number of nitrogens with zero attached hydrogens (tertiary/aromatic N) is 1. The van der Waals surface area contributed by atoms with E-state index in [1.165, 1.54) is 11.1 Å². The number of benzene rings is 2. The highest BCUT2D eigenvalue weighted by molar-refractivity contribution is 5.79. The highest BCUT2D eigenvalue weighted by Gasteiger charge is 2.42. The third kappa shape index (κ3) is 3.59. The largest absolute Gasteiger partial charge is 0.391 e. The molecule has 1 amide bonds. The molecule has 0 bridgehead atoms. The molecule has 148 valence electrons. The monoisotopic (exact) mass is 378 g/mol. The molecule has 0 aromatic heterocycles. The lowest BCUT2D eigenvalue weighted by Gasteiger charge is -2.45. The number of hydrogen-bond acceptors (Lipinski definition) is 3. The number of carbonyl (C=O) groups excluding carboxylic acids is 1. The summed E-state index contributed by atoms with van der Waals surface area (Å²) in [6.45, 7) is 1.48. The summed E-state index contributed by atoms with van der Waals surface area (Å²) in [7, 11) is 0. The van der Waals surface area contributed by atoms with Crippen molar-refractivity contribution in [1.29, 1.82) is 0 Å². The minimum atomic E-state index is -0.569. The van der Waals surface area contributed by atoms with E-state index in [2.05, 4.69) is 48.5 Å². The van der Waals surface area contributed by atoms with Crippen molar-refractivity contribution in [3.8, 4) is 0 Å². The Morgan fingerprint density at radius 3 is 2.18 bits per heavy atom. The molecule has 28 heavy (non-hydrogen) atoms. The van der Waals surface area contributed by atoms with Crippen LogP contribution in [0.15, 0.2) is 60.7 Å². The molecule has 1 aliphatic heterocycles. The van der Waals surface area contributed by atoms with E-state index in [9.17, 15) is 9.90 Å². The van der Waals surface area contributed by atoms with Gasteiger partial charge in [0.05, 0.1) is 6.10 Å². The van der Waals surface area contributed by atoms with Crippen molar-refractivity contribution >= 4 is 5.91 Å². The van der Waals surface area contributed by atoms with E-state index in [0.29, 0.717) is 19.4 Å².